The van der Waals surface area contributed by atoms with Gasteiger partial charge in [-0.1, -0.05) is 6.92 Å². The van der Waals surface area contributed by atoms with E-state index in [2.05, 4.69) is 5.32 Å². The van der Waals surface area contributed by atoms with Crippen LogP contribution in [0.4, 0.5) is 10.1 Å². The Bertz CT molecular complexity index is 765. The molecule has 0 aliphatic carbocycles. The number of benzene rings is 1. The lowest BCUT2D eigenvalue weighted by Crippen LogP contribution is -2.45. The molecule has 2 atom stereocenters. The zero-order chi connectivity index (χ0) is 18.1. The predicted molar refractivity (Wildman–Crippen MR) is 84.4 cm³/mol. The summed E-state index contributed by atoms with van der Waals surface area (Å²) in [5.74, 6) is -3.20. The maximum atomic E-state index is 13.7. The summed E-state index contributed by atoms with van der Waals surface area (Å²) in [7, 11) is -3.98. The standard InChI is InChI=1S/C15H19FN2O5S/c1-9-5-11(15(20)21)8-18(7-9)24(22,23)12-3-4-13(16)14(6-12)17-10(2)19/h3-4,6,9,11H,5,7-8H2,1-2H3,(H,17,19)(H,20,21). The molecular formula is C15H19FN2O5S. The van der Waals surface area contributed by atoms with Crippen molar-refractivity contribution in [2.75, 3.05) is 18.4 Å². The van der Waals surface area contributed by atoms with Gasteiger partial charge in [-0.05, 0) is 30.5 Å². The van der Waals surface area contributed by atoms with Crippen molar-refractivity contribution in [3.05, 3.63) is 24.0 Å². The Morgan fingerprint density at radius 2 is 2.00 bits per heavy atom. The van der Waals surface area contributed by atoms with Gasteiger partial charge >= 0.3 is 5.97 Å². The largest absolute Gasteiger partial charge is 0.481 e. The lowest BCUT2D eigenvalue weighted by Gasteiger charge is -2.33. The monoisotopic (exact) mass is 358 g/mol. The summed E-state index contributed by atoms with van der Waals surface area (Å²) in [6.45, 7) is 3.03. The molecule has 1 saturated heterocycles. The molecule has 2 rings (SSSR count). The van der Waals surface area contributed by atoms with Crippen LogP contribution < -0.4 is 5.32 Å². The first-order chi connectivity index (χ1) is 11.1. The minimum Gasteiger partial charge on any atom is -0.481 e. The summed E-state index contributed by atoms with van der Waals surface area (Å²) in [4.78, 5) is 22.1. The topological polar surface area (TPSA) is 104 Å². The van der Waals surface area contributed by atoms with Crippen LogP contribution in [-0.4, -0.2) is 42.8 Å². The van der Waals surface area contributed by atoms with Crippen molar-refractivity contribution in [3.8, 4) is 0 Å². The third-order valence-corrected chi connectivity index (χ3v) is 5.69. The third-order valence-electron chi connectivity index (χ3n) is 3.86. The molecule has 9 heteroatoms. The Labute approximate surface area is 139 Å². The average Bonchev–Trinajstić information content (AvgIpc) is 2.48. The van der Waals surface area contributed by atoms with E-state index in [1.54, 1.807) is 6.92 Å². The molecule has 0 radical (unpaired) electrons. The highest BCUT2D eigenvalue weighted by Gasteiger charge is 2.36. The number of anilines is 1. The summed E-state index contributed by atoms with van der Waals surface area (Å²) < 4.78 is 40.3. The molecule has 2 unspecified atom stereocenters. The molecule has 0 saturated carbocycles. The summed E-state index contributed by atoms with van der Waals surface area (Å²) in [5.41, 5.74) is -0.233. The van der Waals surface area contributed by atoms with E-state index in [1.165, 1.54) is 6.92 Å². The molecule has 0 aromatic heterocycles. The fraction of sp³-hybridized carbons (Fsp3) is 0.467. The van der Waals surface area contributed by atoms with Crippen molar-refractivity contribution in [3.63, 3.8) is 0 Å². The molecule has 1 amide bonds. The summed E-state index contributed by atoms with van der Waals surface area (Å²) in [5, 5.41) is 11.4. The van der Waals surface area contributed by atoms with E-state index in [9.17, 15) is 27.5 Å². The number of hydrogen-bond donors (Lipinski definition) is 2. The van der Waals surface area contributed by atoms with Crippen molar-refractivity contribution in [1.82, 2.24) is 4.31 Å². The van der Waals surface area contributed by atoms with Crippen LogP contribution in [-0.2, 0) is 19.6 Å². The molecule has 132 valence electrons. The molecule has 1 aliphatic rings. The van der Waals surface area contributed by atoms with E-state index < -0.39 is 33.6 Å². The maximum Gasteiger partial charge on any atom is 0.307 e. The number of aliphatic carboxylic acids is 1. The van der Waals surface area contributed by atoms with Gasteiger partial charge in [-0.25, -0.2) is 12.8 Å². The van der Waals surface area contributed by atoms with Crippen molar-refractivity contribution in [2.45, 2.75) is 25.2 Å². The average molecular weight is 358 g/mol. The van der Waals surface area contributed by atoms with Crippen molar-refractivity contribution in [1.29, 1.82) is 0 Å². The smallest absolute Gasteiger partial charge is 0.307 e. The predicted octanol–water partition coefficient (Wildman–Crippen LogP) is 1.52. The van der Waals surface area contributed by atoms with Gasteiger partial charge in [0.15, 0.2) is 0 Å². The van der Waals surface area contributed by atoms with E-state index in [0.717, 1.165) is 22.5 Å². The summed E-state index contributed by atoms with van der Waals surface area (Å²) in [6, 6.07) is 3.10. The highest BCUT2D eigenvalue weighted by Crippen LogP contribution is 2.29. The molecule has 1 aromatic rings. The molecule has 0 spiro atoms. The van der Waals surface area contributed by atoms with Gasteiger partial charge in [0.2, 0.25) is 15.9 Å². The van der Waals surface area contributed by atoms with E-state index in [-0.39, 0.29) is 29.6 Å². The van der Waals surface area contributed by atoms with Crippen LogP contribution in [0.1, 0.15) is 20.3 Å². The molecule has 24 heavy (non-hydrogen) atoms. The fourth-order valence-corrected chi connectivity index (χ4v) is 4.41. The van der Waals surface area contributed by atoms with E-state index in [1.807, 2.05) is 0 Å². The second-order valence-electron chi connectivity index (χ2n) is 6.02. The van der Waals surface area contributed by atoms with Gasteiger partial charge in [-0.3, -0.25) is 9.59 Å². The number of nitrogens with zero attached hydrogens (tertiary/aromatic N) is 1. The van der Waals surface area contributed by atoms with Crippen molar-refractivity contribution in [2.24, 2.45) is 11.8 Å². The zero-order valence-electron chi connectivity index (χ0n) is 13.3. The number of hydrogen-bond acceptors (Lipinski definition) is 4. The Hall–Kier alpha value is -2.00. The van der Waals surface area contributed by atoms with Crippen LogP contribution in [0.25, 0.3) is 0 Å². The number of nitrogens with one attached hydrogen (secondary N) is 1. The van der Waals surface area contributed by atoms with Crippen molar-refractivity contribution < 1.29 is 27.5 Å². The molecule has 1 fully saturated rings. The highest BCUT2D eigenvalue weighted by atomic mass is 32.2. The Balaban J connectivity index is 2.36. The van der Waals surface area contributed by atoms with E-state index >= 15 is 0 Å². The number of halogens is 1. The van der Waals surface area contributed by atoms with Gasteiger partial charge < -0.3 is 10.4 Å². The first-order valence-electron chi connectivity index (χ1n) is 7.41. The molecule has 7 nitrogen and oxygen atoms in total. The molecule has 2 N–H and O–H groups in total. The molecular weight excluding hydrogens is 339 g/mol. The third kappa shape index (κ3) is 3.90. The van der Waals surface area contributed by atoms with Crippen LogP contribution >= 0.6 is 0 Å². The first kappa shape index (κ1) is 18.3. The number of carbonyl (C=O) groups excluding carboxylic acids is 1. The molecule has 1 aromatic carbocycles. The Kier molecular flexibility index (Phi) is 5.24. The number of carboxylic acids is 1. The summed E-state index contributed by atoms with van der Waals surface area (Å²) in [6.07, 6.45) is 0.405. The van der Waals surface area contributed by atoms with E-state index in [4.69, 9.17) is 0 Å². The second-order valence-corrected chi connectivity index (χ2v) is 7.96. The fourth-order valence-electron chi connectivity index (χ4n) is 2.78. The lowest BCUT2D eigenvalue weighted by molar-refractivity contribution is -0.143. The number of amides is 1. The van der Waals surface area contributed by atoms with E-state index in [0.29, 0.717) is 6.42 Å². The minimum atomic E-state index is -3.98. The van der Waals surface area contributed by atoms with Crippen LogP contribution in [0, 0.1) is 17.7 Å². The Morgan fingerprint density at radius 3 is 2.58 bits per heavy atom. The van der Waals surface area contributed by atoms with Gasteiger partial charge in [-0.2, -0.15) is 4.31 Å². The minimum absolute atomic E-state index is 0.107. The van der Waals surface area contributed by atoms with Crippen LogP contribution in [0.3, 0.4) is 0 Å². The van der Waals surface area contributed by atoms with Gasteiger partial charge in [-0.15, -0.1) is 0 Å². The number of carbonyl (C=O) groups is 2. The summed E-state index contributed by atoms with van der Waals surface area (Å²) >= 11 is 0. The van der Waals surface area contributed by atoms with Crippen LogP contribution in [0.2, 0.25) is 0 Å². The van der Waals surface area contributed by atoms with Gasteiger partial charge in [0.05, 0.1) is 16.5 Å². The molecule has 0 bridgehead atoms. The first-order valence-corrected chi connectivity index (χ1v) is 8.85. The normalized spacial score (nSPS) is 22.1. The SMILES string of the molecule is CC(=O)Nc1cc(S(=O)(=O)N2CC(C)CC(C(=O)O)C2)ccc1F. The highest BCUT2D eigenvalue weighted by molar-refractivity contribution is 7.89. The second kappa shape index (κ2) is 6.86. The lowest BCUT2D eigenvalue weighted by atomic mass is 9.92. The van der Waals surface area contributed by atoms with Gasteiger partial charge in [0.25, 0.3) is 0 Å². The van der Waals surface area contributed by atoms with Gasteiger partial charge in [0, 0.05) is 20.0 Å². The number of carboxylic acid groups (broad SMARTS) is 1. The van der Waals surface area contributed by atoms with Crippen molar-refractivity contribution >= 4 is 27.6 Å². The number of sulfonamides is 1. The maximum absolute atomic E-state index is 13.7. The van der Waals surface area contributed by atoms with Crippen LogP contribution in [0.15, 0.2) is 23.1 Å². The zero-order valence-corrected chi connectivity index (χ0v) is 14.1. The Morgan fingerprint density at radius 1 is 1.33 bits per heavy atom. The van der Waals surface area contributed by atoms with Gasteiger partial charge in [0.1, 0.15) is 5.82 Å². The number of rotatable bonds is 4. The number of piperidine rings is 1. The molecule has 1 heterocycles. The molecule has 1 aliphatic heterocycles. The van der Waals surface area contributed by atoms with Crippen LogP contribution in [0.5, 0.6) is 0 Å². The quantitative estimate of drug-likeness (QED) is 0.849.